The lowest BCUT2D eigenvalue weighted by Gasteiger charge is -2.16. The highest BCUT2D eigenvalue weighted by Gasteiger charge is 2.28. The molecule has 4 nitrogen and oxygen atoms in total. The van der Waals surface area contributed by atoms with Crippen molar-refractivity contribution in [3.63, 3.8) is 0 Å². The molecule has 0 heterocycles. The number of methoxy groups -OCH3 is 1. The normalized spacial score (nSPS) is 17.8. The Morgan fingerprint density at radius 1 is 1.64 bits per heavy atom. The van der Waals surface area contributed by atoms with Crippen LogP contribution < -0.4 is 5.14 Å². The van der Waals surface area contributed by atoms with Gasteiger partial charge in [0.1, 0.15) is 11.4 Å². The first-order valence-electron chi connectivity index (χ1n) is 2.95. The van der Waals surface area contributed by atoms with Gasteiger partial charge in [0.25, 0.3) is 0 Å². The maximum Gasteiger partial charge on any atom is 0.212 e. The third-order valence-corrected chi connectivity index (χ3v) is 1.95. The molecule has 6 heteroatoms. The molecule has 1 unspecified atom stereocenters. The van der Waals surface area contributed by atoms with Gasteiger partial charge in [-0.05, 0) is 6.92 Å². The molecule has 0 amide bonds. The average molecular weight is 185 g/mol. The molecule has 11 heavy (non-hydrogen) atoms. The number of primary sulfonamides is 1. The van der Waals surface area contributed by atoms with Crippen molar-refractivity contribution in [1.29, 1.82) is 0 Å². The molecule has 1 atom stereocenters. The van der Waals surface area contributed by atoms with E-state index in [1.54, 1.807) is 0 Å². The maximum absolute atomic E-state index is 13.0. The predicted octanol–water partition coefficient (Wildman–Crippen LogP) is -0.350. The third-order valence-electron chi connectivity index (χ3n) is 0.947. The van der Waals surface area contributed by atoms with Crippen molar-refractivity contribution in [2.45, 2.75) is 12.6 Å². The minimum atomic E-state index is -3.76. The van der Waals surface area contributed by atoms with Crippen molar-refractivity contribution >= 4 is 10.0 Å². The second-order valence-corrected chi connectivity index (χ2v) is 4.27. The summed E-state index contributed by atoms with van der Waals surface area (Å²) in [4.78, 5) is 0. The monoisotopic (exact) mass is 185 g/mol. The molecule has 0 aromatic heterocycles. The van der Waals surface area contributed by atoms with Crippen LogP contribution in [-0.4, -0.2) is 33.6 Å². The lowest BCUT2D eigenvalue weighted by Crippen LogP contribution is -2.36. The van der Waals surface area contributed by atoms with Crippen LogP contribution in [0.15, 0.2) is 0 Å². The Hall–Kier alpha value is -0.200. The summed E-state index contributed by atoms with van der Waals surface area (Å²) in [6.07, 6.45) is 0. The molecule has 0 saturated heterocycles. The standard InChI is InChI=1S/C5H12FNO3S/c1-5(6,3-10-2)4-11(7,8)9/h3-4H2,1-2H3,(H2,7,8,9). The molecule has 0 aromatic rings. The van der Waals surface area contributed by atoms with Gasteiger partial charge in [0.2, 0.25) is 10.0 Å². The Balaban J connectivity index is 4.13. The summed E-state index contributed by atoms with van der Waals surface area (Å²) in [5.41, 5.74) is -1.90. The van der Waals surface area contributed by atoms with Crippen LogP contribution in [0.25, 0.3) is 0 Å². The minimum Gasteiger partial charge on any atom is -0.381 e. The van der Waals surface area contributed by atoms with E-state index in [-0.39, 0.29) is 6.61 Å². The number of sulfonamides is 1. The van der Waals surface area contributed by atoms with E-state index in [2.05, 4.69) is 9.88 Å². The molecule has 0 saturated carbocycles. The maximum atomic E-state index is 13.0. The number of ether oxygens (including phenoxy) is 1. The van der Waals surface area contributed by atoms with Gasteiger partial charge in [-0.15, -0.1) is 0 Å². The van der Waals surface area contributed by atoms with Gasteiger partial charge < -0.3 is 4.74 Å². The number of hydrogen-bond donors (Lipinski definition) is 1. The smallest absolute Gasteiger partial charge is 0.212 e. The van der Waals surface area contributed by atoms with Gasteiger partial charge in [-0.25, -0.2) is 17.9 Å². The second-order valence-electron chi connectivity index (χ2n) is 2.65. The van der Waals surface area contributed by atoms with Gasteiger partial charge in [0, 0.05) is 7.11 Å². The molecular formula is C5H12FNO3S. The Morgan fingerprint density at radius 3 is 2.36 bits per heavy atom. The van der Waals surface area contributed by atoms with Crippen molar-refractivity contribution in [2.75, 3.05) is 19.5 Å². The van der Waals surface area contributed by atoms with E-state index < -0.39 is 21.4 Å². The fourth-order valence-corrected chi connectivity index (χ4v) is 1.68. The molecule has 0 aliphatic carbocycles. The highest BCUT2D eigenvalue weighted by Crippen LogP contribution is 2.11. The average Bonchev–Trinajstić information content (AvgIpc) is 1.55. The molecule has 0 spiro atoms. The van der Waals surface area contributed by atoms with Crippen LogP contribution in [-0.2, 0) is 14.8 Å². The number of alkyl halides is 1. The van der Waals surface area contributed by atoms with E-state index in [0.29, 0.717) is 0 Å². The first kappa shape index (κ1) is 10.8. The molecule has 0 aromatic carbocycles. The lowest BCUT2D eigenvalue weighted by atomic mass is 10.2. The zero-order chi connectivity index (χ0) is 9.12. The van der Waals surface area contributed by atoms with Crippen molar-refractivity contribution < 1.29 is 17.5 Å². The van der Waals surface area contributed by atoms with Gasteiger partial charge in [-0.1, -0.05) is 0 Å². The minimum absolute atomic E-state index is 0.274. The predicted molar refractivity (Wildman–Crippen MR) is 39.4 cm³/mol. The van der Waals surface area contributed by atoms with Crippen LogP contribution in [0.2, 0.25) is 0 Å². The van der Waals surface area contributed by atoms with Gasteiger partial charge in [-0.2, -0.15) is 0 Å². The van der Waals surface area contributed by atoms with Crippen molar-refractivity contribution in [1.82, 2.24) is 0 Å². The SMILES string of the molecule is COCC(C)(F)CS(N)(=O)=O. The number of nitrogens with two attached hydrogens (primary N) is 1. The second kappa shape index (κ2) is 3.46. The van der Waals surface area contributed by atoms with Crippen LogP contribution in [0, 0.1) is 0 Å². The van der Waals surface area contributed by atoms with Crippen molar-refractivity contribution in [3.8, 4) is 0 Å². The summed E-state index contributed by atoms with van der Waals surface area (Å²) in [6.45, 7) is 0.852. The van der Waals surface area contributed by atoms with Gasteiger partial charge in [0.05, 0.1) is 6.61 Å². The van der Waals surface area contributed by atoms with Crippen LogP contribution >= 0.6 is 0 Å². The fourth-order valence-electron chi connectivity index (χ4n) is 0.762. The summed E-state index contributed by atoms with van der Waals surface area (Å²) in [5.74, 6) is -0.714. The number of rotatable bonds is 4. The lowest BCUT2D eigenvalue weighted by molar-refractivity contribution is 0.0706. The van der Waals surface area contributed by atoms with Gasteiger partial charge in [-0.3, -0.25) is 0 Å². The first-order valence-corrected chi connectivity index (χ1v) is 4.67. The highest BCUT2D eigenvalue weighted by atomic mass is 32.2. The molecule has 0 rings (SSSR count). The summed E-state index contributed by atoms with van der Waals surface area (Å²) in [5, 5.41) is 4.63. The summed E-state index contributed by atoms with van der Waals surface area (Å²) in [6, 6.07) is 0. The Bertz CT molecular complexity index is 212. The summed E-state index contributed by atoms with van der Waals surface area (Å²) < 4.78 is 38.3. The summed E-state index contributed by atoms with van der Waals surface area (Å²) >= 11 is 0. The van der Waals surface area contributed by atoms with E-state index in [1.807, 2.05) is 0 Å². The van der Waals surface area contributed by atoms with Crippen LogP contribution in [0.3, 0.4) is 0 Å². The van der Waals surface area contributed by atoms with Crippen LogP contribution in [0.4, 0.5) is 4.39 Å². The molecule has 0 bridgehead atoms. The molecule has 0 fully saturated rings. The van der Waals surface area contributed by atoms with Gasteiger partial charge in [0.15, 0.2) is 0 Å². The van der Waals surface area contributed by atoms with E-state index in [1.165, 1.54) is 7.11 Å². The Morgan fingerprint density at radius 2 is 2.09 bits per heavy atom. The largest absolute Gasteiger partial charge is 0.381 e. The molecule has 68 valence electrons. The molecule has 0 aliphatic rings. The van der Waals surface area contributed by atoms with E-state index in [0.717, 1.165) is 6.92 Å². The zero-order valence-electron chi connectivity index (χ0n) is 6.50. The van der Waals surface area contributed by atoms with Crippen LogP contribution in [0.1, 0.15) is 6.92 Å². The molecule has 0 aliphatic heterocycles. The van der Waals surface area contributed by atoms with E-state index in [4.69, 9.17) is 0 Å². The number of hydrogen-bond acceptors (Lipinski definition) is 3. The van der Waals surface area contributed by atoms with E-state index >= 15 is 0 Å². The highest BCUT2D eigenvalue weighted by molar-refractivity contribution is 7.89. The topological polar surface area (TPSA) is 69.4 Å². The van der Waals surface area contributed by atoms with Crippen LogP contribution in [0.5, 0.6) is 0 Å². The van der Waals surface area contributed by atoms with Gasteiger partial charge >= 0.3 is 0 Å². The van der Waals surface area contributed by atoms with E-state index in [9.17, 15) is 12.8 Å². The van der Waals surface area contributed by atoms with Crippen molar-refractivity contribution in [3.05, 3.63) is 0 Å². The quantitative estimate of drug-likeness (QED) is 0.650. The molecule has 0 radical (unpaired) electrons. The Kier molecular flexibility index (Phi) is 3.40. The molecular weight excluding hydrogens is 173 g/mol. The van der Waals surface area contributed by atoms with Crippen molar-refractivity contribution in [2.24, 2.45) is 5.14 Å². The number of halogens is 1. The fraction of sp³-hybridized carbons (Fsp3) is 1.00. The zero-order valence-corrected chi connectivity index (χ0v) is 7.32. The third kappa shape index (κ3) is 6.21. The molecule has 2 N–H and O–H groups in total. The summed E-state index contributed by atoms with van der Waals surface area (Å²) in [7, 11) is -2.47. The Labute approximate surface area is 65.6 Å². The first-order chi connectivity index (χ1) is 4.77.